The van der Waals surface area contributed by atoms with E-state index in [9.17, 15) is 0 Å². The van der Waals surface area contributed by atoms with Gasteiger partial charge in [0, 0.05) is 11.3 Å². The Labute approximate surface area is 111 Å². The Morgan fingerprint density at radius 2 is 2.28 bits per heavy atom. The second kappa shape index (κ2) is 4.72. The summed E-state index contributed by atoms with van der Waals surface area (Å²) in [7, 11) is 0. The smallest absolute Gasteiger partial charge is 0.122 e. The number of hydrazine groups is 1. The first-order valence-corrected chi connectivity index (χ1v) is 6.93. The van der Waals surface area contributed by atoms with E-state index in [0.717, 1.165) is 18.8 Å². The van der Waals surface area contributed by atoms with Crippen molar-refractivity contribution in [3.63, 3.8) is 0 Å². The van der Waals surface area contributed by atoms with Crippen LogP contribution >= 0.6 is 11.3 Å². The summed E-state index contributed by atoms with van der Waals surface area (Å²) < 4.78 is 5.53. The predicted molar refractivity (Wildman–Crippen MR) is 73.9 cm³/mol. The highest BCUT2D eigenvalue weighted by Crippen LogP contribution is 2.32. The third kappa shape index (κ3) is 1.92. The molecule has 3 N–H and O–H groups in total. The van der Waals surface area contributed by atoms with Gasteiger partial charge in [0.25, 0.3) is 0 Å². The first-order chi connectivity index (χ1) is 8.79. The molecule has 0 saturated heterocycles. The lowest BCUT2D eigenvalue weighted by Gasteiger charge is -2.17. The van der Waals surface area contributed by atoms with E-state index in [-0.39, 0.29) is 6.04 Å². The molecular formula is C14H16N2OS. The zero-order valence-corrected chi connectivity index (χ0v) is 11.1. The van der Waals surface area contributed by atoms with Gasteiger partial charge in [0.2, 0.25) is 0 Å². The minimum Gasteiger partial charge on any atom is -0.493 e. The van der Waals surface area contributed by atoms with Gasteiger partial charge in [-0.1, -0.05) is 12.1 Å². The number of ether oxygens (including phenoxy) is 1. The number of nitrogens with one attached hydrogen (secondary N) is 1. The zero-order chi connectivity index (χ0) is 12.5. The summed E-state index contributed by atoms with van der Waals surface area (Å²) in [4.78, 5) is 1.30. The monoisotopic (exact) mass is 260 g/mol. The van der Waals surface area contributed by atoms with Crippen LogP contribution < -0.4 is 16.0 Å². The number of aryl methyl sites for hydroxylation is 1. The number of benzene rings is 1. The van der Waals surface area contributed by atoms with Gasteiger partial charge < -0.3 is 4.74 Å². The number of hydrogen-bond acceptors (Lipinski definition) is 4. The van der Waals surface area contributed by atoms with Gasteiger partial charge in [-0.15, -0.1) is 11.3 Å². The van der Waals surface area contributed by atoms with Gasteiger partial charge in [0.1, 0.15) is 5.75 Å². The molecule has 4 heteroatoms. The van der Waals surface area contributed by atoms with Crippen LogP contribution in [0, 0.1) is 6.92 Å². The lowest BCUT2D eigenvalue weighted by molar-refractivity contribution is 0.357. The van der Waals surface area contributed by atoms with Crippen molar-refractivity contribution in [3.05, 3.63) is 51.2 Å². The molecule has 0 bridgehead atoms. The van der Waals surface area contributed by atoms with E-state index < -0.39 is 0 Å². The molecule has 94 valence electrons. The molecule has 1 aromatic heterocycles. The Hall–Kier alpha value is -1.36. The highest BCUT2D eigenvalue weighted by Gasteiger charge is 2.19. The Balaban J connectivity index is 2.00. The molecule has 3 nitrogen and oxygen atoms in total. The molecule has 0 amide bonds. The Kier molecular flexibility index (Phi) is 3.07. The van der Waals surface area contributed by atoms with E-state index in [4.69, 9.17) is 10.6 Å². The Morgan fingerprint density at radius 3 is 3.00 bits per heavy atom. The topological polar surface area (TPSA) is 47.3 Å². The molecule has 0 fully saturated rings. The summed E-state index contributed by atoms with van der Waals surface area (Å²) in [5.41, 5.74) is 6.65. The van der Waals surface area contributed by atoms with Crippen LogP contribution in [0.5, 0.6) is 5.75 Å². The molecule has 2 aromatic rings. The maximum absolute atomic E-state index is 5.73. The largest absolute Gasteiger partial charge is 0.493 e. The molecule has 18 heavy (non-hydrogen) atoms. The van der Waals surface area contributed by atoms with Crippen LogP contribution in [0.2, 0.25) is 0 Å². The normalized spacial score (nSPS) is 15.2. The average Bonchev–Trinajstić information content (AvgIpc) is 2.99. The van der Waals surface area contributed by atoms with E-state index in [1.165, 1.54) is 21.6 Å². The molecule has 1 atom stereocenters. The molecule has 1 unspecified atom stereocenters. The minimum absolute atomic E-state index is 0.0575. The van der Waals surface area contributed by atoms with E-state index >= 15 is 0 Å². The molecular weight excluding hydrogens is 244 g/mol. The first kappa shape index (κ1) is 11.7. The summed E-state index contributed by atoms with van der Waals surface area (Å²) in [6.07, 6.45) is 0.989. The van der Waals surface area contributed by atoms with Gasteiger partial charge >= 0.3 is 0 Å². The lowest BCUT2D eigenvalue weighted by Crippen LogP contribution is -2.29. The fraction of sp³-hybridized carbons (Fsp3) is 0.286. The highest BCUT2D eigenvalue weighted by atomic mass is 32.1. The molecule has 1 aliphatic rings. The second-order valence-corrected chi connectivity index (χ2v) is 5.62. The van der Waals surface area contributed by atoms with Gasteiger partial charge in [-0.05, 0) is 41.1 Å². The van der Waals surface area contributed by atoms with Crippen LogP contribution in [-0.2, 0) is 6.42 Å². The summed E-state index contributed by atoms with van der Waals surface area (Å²) in [5, 5.41) is 2.10. The minimum atomic E-state index is 0.0575. The van der Waals surface area contributed by atoms with Crippen LogP contribution in [0.4, 0.5) is 0 Å². The highest BCUT2D eigenvalue weighted by molar-refractivity contribution is 7.10. The van der Waals surface area contributed by atoms with E-state index in [0.29, 0.717) is 0 Å². The summed E-state index contributed by atoms with van der Waals surface area (Å²) >= 11 is 1.75. The lowest BCUT2D eigenvalue weighted by atomic mass is 9.97. The van der Waals surface area contributed by atoms with Gasteiger partial charge in [-0.2, -0.15) is 0 Å². The van der Waals surface area contributed by atoms with E-state index in [1.54, 1.807) is 11.3 Å². The van der Waals surface area contributed by atoms with Crippen LogP contribution in [0.1, 0.15) is 27.6 Å². The van der Waals surface area contributed by atoms with E-state index in [2.05, 4.69) is 35.9 Å². The SMILES string of the molecule is Cc1sccc1C(NN)c1ccc2c(c1)CCO2. The fourth-order valence-corrected chi connectivity index (χ4v) is 3.19. The maximum Gasteiger partial charge on any atom is 0.122 e. The van der Waals surface area contributed by atoms with Crippen molar-refractivity contribution >= 4 is 11.3 Å². The first-order valence-electron chi connectivity index (χ1n) is 6.05. The molecule has 0 spiro atoms. The second-order valence-electron chi connectivity index (χ2n) is 4.50. The number of fused-ring (bicyclic) bond motifs is 1. The van der Waals surface area contributed by atoms with Crippen LogP contribution in [0.3, 0.4) is 0 Å². The standard InChI is InChI=1S/C14H16N2OS/c1-9-12(5-7-18-9)14(16-15)11-2-3-13-10(8-11)4-6-17-13/h2-3,5,7-8,14,16H,4,6,15H2,1H3. The Bertz CT molecular complexity index is 565. The number of thiophene rings is 1. The van der Waals surface area contributed by atoms with Crippen molar-refractivity contribution in [3.8, 4) is 5.75 Å². The van der Waals surface area contributed by atoms with Crippen molar-refractivity contribution in [2.75, 3.05) is 6.61 Å². The molecule has 1 aromatic carbocycles. The average molecular weight is 260 g/mol. The molecule has 1 aliphatic heterocycles. The molecule has 3 rings (SSSR count). The van der Waals surface area contributed by atoms with Crippen molar-refractivity contribution in [1.82, 2.24) is 5.43 Å². The van der Waals surface area contributed by atoms with Crippen molar-refractivity contribution in [2.24, 2.45) is 5.84 Å². The Morgan fingerprint density at radius 1 is 1.39 bits per heavy atom. The maximum atomic E-state index is 5.73. The van der Waals surface area contributed by atoms with Gasteiger partial charge in [-0.25, -0.2) is 5.43 Å². The summed E-state index contributed by atoms with van der Waals surface area (Å²) in [6, 6.07) is 8.52. The van der Waals surface area contributed by atoms with Gasteiger partial charge in [0.15, 0.2) is 0 Å². The van der Waals surface area contributed by atoms with Crippen LogP contribution in [0.25, 0.3) is 0 Å². The van der Waals surface area contributed by atoms with Crippen LogP contribution in [0.15, 0.2) is 29.6 Å². The predicted octanol–water partition coefficient (Wildman–Crippen LogP) is 2.54. The molecule has 0 saturated carbocycles. The number of nitrogens with two attached hydrogens (primary N) is 1. The molecule has 0 radical (unpaired) electrons. The van der Waals surface area contributed by atoms with Gasteiger partial charge in [0.05, 0.1) is 12.6 Å². The third-order valence-electron chi connectivity index (χ3n) is 3.42. The van der Waals surface area contributed by atoms with Crippen molar-refractivity contribution in [2.45, 2.75) is 19.4 Å². The molecule has 0 aliphatic carbocycles. The summed E-state index contributed by atoms with van der Waals surface area (Å²) in [6.45, 7) is 2.91. The van der Waals surface area contributed by atoms with Crippen molar-refractivity contribution in [1.29, 1.82) is 0 Å². The fourth-order valence-electron chi connectivity index (χ4n) is 2.45. The van der Waals surface area contributed by atoms with Crippen LogP contribution in [-0.4, -0.2) is 6.61 Å². The number of hydrogen-bond donors (Lipinski definition) is 2. The number of rotatable bonds is 3. The van der Waals surface area contributed by atoms with Gasteiger partial charge in [-0.3, -0.25) is 5.84 Å². The van der Waals surface area contributed by atoms with Crippen molar-refractivity contribution < 1.29 is 4.74 Å². The quantitative estimate of drug-likeness (QED) is 0.658. The third-order valence-corrected chi connectivity index (χ3v) is 4.28. The summed E-state index contributed by atoms with van der Waals surface area (Å²) in [5.74, 6) is 6.74. The zero-order valence-electron chi connectivity index (χ0n) is 10.3. The molecule has 2 heterocycles. The van der Waals surface area contributed by atoms with E-state index in [1.807, 2.05) is 6.07 Å².